The van der Waals surface area contributed by atoms with E-state index in [-0.39, 0.29) is 12.8 Å². The van der Waals surface area contributed by atoms with Crippen molar-refractivity contribution in [3.8, 4) is 0 Å². The Labute approximate surface area is 174 Å². The summed E-state index contributed by atoms with van der Waals surface area (Å²) in [5.74, 6) is -14.6. The van der Waals surface area contributed by atoms with Crippen LogP contribution in [0, 0.1) is 0 Å². The number of alkyl halides is 9. The van der Waals surface area contributed by atoms with Crippen LogP contribution >= 0.6 is 0 Å². The van der Waals surface area contributed by atoms with Gasteiger partial charge in [0.05, 0.1) is 19.8 Å². The molecule has 0 aliphatic rings. The summed E-state index contributed by atoms with van der Waals surface area (Å²) >= 11 is 0. The van der Waals surface area contributed by atoms with Gasteiger partial charge in [-0.1, -0.05) is 26.2 Å². The average Bonchev–Trinajstić information content (AvgIpc) is 2.64. The van der Waals surface area contributed by atoms with E-state index in [2.05, 4.69) is 4.18 Å². The van der Waals surface area contributed by atoms with E-state index in [1.807, 2.05) is 6.92 Å². The van der Waals surface area contributed by atoms with Crippen molar-refractivity contribution in [2.24, 2.45) is 0 Å². The van der Waals surface area contributed by atoms with Crippen LogP contribution in [0.4, 0.5) is 39.5 Å². The van der Waals surface area contributed by atoms with Gasteiger partial charge in [-0.15, -0.1) is 0 Å². The Morgan fingerprint density at radius 3 is 1.52 bits per heavy atom. The zero-order chi connectivity index (χ0) is 24.4. The van der Waals surface area contributed by atoms with E-state index in [1.165, 1.54) is 0 Å². The average molecular weight is 500 g/mol. The Morgan fingerprint density at radius 2 is 1.06 bits per heavy atom. The SMILES string of the molecule is CCCCOCCOCCCCCCOS(=O)(=O)C(F)(F)C(F)(F)C(F)(F)C(F)(F)F. The molecule has 0 unspecified atom stereocenters. The van der Waals surface area contributed by atoms with Crippen LogP contribution < -0.4 is 0 Å². The fraction of sp³-hybridized carbons (Fsp3) is 1.00. The van der Waals surface area contributed by atoms with E-state index in [0.29, 0.717) is 39.3 Å². The molecule has 0 bridgehead atoms. The van der Waals surface area contributed by atoms with Gasteiger partial charge < -0.3 is 9.47 Å². The summed E-state index contributed by atoms with van der Waals surface area (Å²) < 4.78 is 151. The molecule has 0 spiro atoms. The first-order valence-electron chi connectivity index (χ1n) is 9.31. The smallest absolute Gasteiger partial charge is 0.379 e. The second-order valence-electron chi connectivity index (χ2n) is 6.43. The van der Waals surface area contributed by atoms with Gasteiger partial charge in [-0.25, -0.2) is 0 Å². The first-order valence-corrected chi connectivity index (χ1v) is 10.7. The number of ether oxygens (including phenoxy) is 2. The number of halogens is 9. The molecule has 188 valence electrons. The van der Waals surface area contributed by atoms with E-state index >= 15 is 0 Å². The summed E-state index contributed by atoms with van der Waals surface area (Å²) in [5.41, 5.74) is 0. The zero-order valence-electron chi connectivity index (χ0n) is 16.6. The minimum absolute atomic E-state index is 0.173. The fourth-order valence-electron chi connectivity index (χ4n) is 1.99. The zero-order valence-corrected chi connectivity index (χ0v) is 17.4. The van der Waals surface area contributed by atoms with E-state index in [9.17, 15) is 47.9 Å². The second kappa shape index (κ2) is 12.4. The van der Waals surface area contributed by atoms with Crippen molar-refractivity contribution in [1.82, 2.24) is 0 Å². The van der Waals surface area contributed by atoms with E-state index in [0.717, 1.165) is 12.8 Å². The van der Waals surface area contributed by atoms with Crippen molar-refractivity contribution in [1.29, 1.82) is 0 Å². The molecule has 0 amide bonds. The Kier molecular flexibility index (Phi) is 12.1. The Hall–Kier alpha value is -0.800. The molecular formula is C16H25F9O5S. The van der Waals surface area contributed by atoms with Crippen molar-refractivity contribution < 1.29 is 61.6 Å². The third-order valence-electron chi connectivity index (χ3n) is 3.87. The summed E-state index contributed by atoms with van der Waals surface area (Å²) in [7, 11) is -6.78. The van der Waals surface area contributed by atoms with Gasteiger partial charge in [0.25, 0.3) is 0 Å². The van der Waals surface area contributed by atoms with Gasteiger partial charge in [-0.3, -0.25) is 4.18 Å². The van der Waals surface area contributed by atoms with Crippen LogP contribution in [0.25, 0.3) is 0 Å². The van der Waals surface area contributed by atoms with Crippen molar-refractivity contribution >= 4 is 10.1 Å². The lowest BCUT2D eigenvalue weighted by molar-refractivity contribution is -0.382. The van der Waals surface area contributed by atoms with Crippen LogP contribution in [0.1, 0.15) is 45.4 Å². The van der Waals surface area contributed by atoms with E-state index in [4.69, 9.17) is 9.47 Å². The minimum Gasteiger partial charge on any atom is -0.379 e. The number of rotatable bonds is 17. The quantitative estimate of drug-likeness (QED) is 0.157. The molecule has 0 aromatic rings. The van der Waals surface area contributed by atoms with Crippen molar-refractivity contribution in [3.63, 3.8) is 0 Å². The normalized spacial score (nSPS) is 14.3. The standard InChI is InChI=1S/C16H25F9O5S/c1-2-3-8-28-11-12-29-9-6-4-5-7-10-30-31(26,27)16(24,25)14(19,20)13(17,18)15(21,22)23/h2-12H2,1H3. The third-order valence-corrected chi connectivity index (χ3v) is 5.23. The topological polar surface area (TPSA) is 61.8 Å². The van der Waals surface area contributed by atoms with Crippen LogP contribution in [-0.4, -0.2) is 64.7 Å². The lowest BCUT2D eigenvalue weighted by Crippen LogP contribution is -2.63. The molecular weight excluding hydrogens is 475 g/mol. The maximum atomic E-state index is 13.4. The second-order valence-corrected chi connectivity index (χ2v) is 8.09. The van der Waals surface area contributed by atoms with Crippen LogP contribution in [0.15, 0.2) is 0 Å². The van der Waals surface area contributed by atoms with Gasteiger partial charge in [0.2, 0.25) is 0 Å². The Bertz CT molecular complexity index is 609. The van der Waals surface area contributed by atoms with Gasteiger partial charge in [-0.2, -0.15) is 47.9 Å². The highest BCUT2D eigenvalue weighted by molar-refractivity contribution is 7.87. The first kappa shape index (κ1) is 30.2. The van der Waals surface area contributed by atoms with Crippen LogP contribution in [0.3, 0.4) is 0 Å². The maximum Gasteiger partial charge on any atom is 0.460 e. The molecule has 0 aromatic heterocycles. The van der Waals surface area contributed by atoms with Crippen molar-refractivity contribution in [2.45, 2.75) is 68.7 Å². The van der Waals surface area contributed by atoms with Gasteiger partial charge in [0.1, 0.15) is 0 Å². The summed E-state index contributed by atoms with van der Waals surface area (Å²) in [6.07, 6.45) is -4.40. The molecule has 15 heteroatoms. The molecule has 0 aromatic carbocycles. The highest BCUT2D eigenvalue weighted by Gasteiger charge is 2.85. The van der Waals surface area contributed by atoms with Gasteiger partial charge in [0, 0.05) is 13.2 Å². The summed E-state index contributed by atoms with van der Waals surface area (Å²) in [5, 5.41) is -6.81. The van der Waals surface area contributed by atoms with Crippen molar-refractivity contribution in [2.75, 3.05) is 33.0 Å². The van der Waals surface area contributed by atoms with Gasteiger partial charge >= 0.3 is 33.4 Å². The first-order chi connectivity index (χ1) is 14.1. The molecule has 0 saturated carbocycles. The molecule has 0 saturated heterocycles. The largest absolute Gasteiger partial charge is 0.460 e. The number of hydrogen-bond acceptors (Lipinski definition) is 5. The summed E-state index contributed by atoms with van der Waals surface area (Å²) in [6, 6.07) is 0. The van der Waals surface area contributed by atoms with Crippen LogP contribution in [0.2, 0.25) is 0 Å². The third kappa shape index (κ3) is 8.24. The van der Waals surface area contributed by atoms with Crippen LogP contribution in [-0.2, 0) is 23.8 Å². The van der Waals surface area contributed by atoms with Gasteiger partial charge in [-0.05, 0) is 19.3 Å². The molecule has 31 heavy (non-hydrogen) atoms. The predicted molar refractivity (Wildman–Crippen MR) is 90.8 cm³/mol. The molecule has 0 fully saturated rings. The molecule has 0 radical (unpaired) electrons. The molecule has 5 nitrogen and oxygen atoms in total. The molecule has 0 N–H and O–H groups in total. The van der Waals surface area contributed by atoms with Gasteiger partial charge in [0.15, 0.2) is 0 Å². The predicted octanol–water partition coefficient (Wildman–Crippen LogP) is 5.15. The van der Waals surface area contributed by atoms with Crippen LogP contribution in [0.5, 0.6) is 0 Å². The molecule has 0 atom stereocenters. The highest BCUT2D eigenvalue weighted by Crippen LogP contribution is 2.54. The summed E-state index contributed by atoms with van der Waals surface area (Å²) in [6.45, 7) is 2.58. The minimum atomic E-state index is -7.30. The Morgan fingerprint density at radius 1 is 0.613 bits per heavy atom. The highest BCUT2D eigenvalue weighted by atomic mass is 32.2. The number of unbranched alkanes of at least 4 members (excludes halogenated alkanes) is 4. The van der Waals surface area contributed by atoms with E-state index in [1.54, 1.807) is 0 Å². The summed E-state index contributed by atoms with van der Waals surface area (Å²) in [4.78, 5) is 0. The lowest BCUT2D eigenvalue weighted by atomic mass is 10.1. The van der Waals surface area contributed by atoms with E-state index < -0.39 is 40.0 Å². The number of hydrogen-bond donors (Lipinski definition) is 0. The molecule has 0 rings (SSSR count). The molecule has 0 aliphatic heterocycles. The van der Waals surface area contributed by atoms with Crippen molar-refractivity contribution in [3.05, 3.63) is 0 Å². The molecule has 0 heterocycles. The molecule has 0 aliphatic carbocycles. The fourth-order valence-corrected chi connectivity index (χ4v) is 2.92. The monoisotopic (exact) mass is 500 g/mol. The lowest BCUT2D eigenvalue weighted by Gasteiger charge is -2.32. The Balaban J connectivity index is 4.34. The maximum absolute atomic E-state index is 13.4.